The Morgan fingerprint density at radius 2 is 2.32 bits per heavy atom. The molecule has 0 saturated carbocycles. The number of carboxylic acids is 1. The Kier molecular flexibility index (Phi) is 3.56. The highest BCUT2D eigenvalue weighted by Gasteiger charge is 2.24. The Bertz CT molecular complexity index is 573. The number of ether oxygens (including phenoxy) is 1. The Labute approximate surface area is 110 Å². The molecular formula is C10H8N2O6S. The van der Waals surface area contributed by atoms with Gasteiger partial charge in [0.2, 0.25) is 0 Å². The summed E-state index contributed by atoms with van der Waals surface area (Å²) in [4.78, 5) is 32.1. The van der Waals surface area contributed by atoms with Gasteiger partial charge in [-0.1, -0.05) is 0 Å². The third-order valence-electron chi connectivity index (χ3n) is 2.24. The molecule has 2 N–H and O–H groups in total. The minimum Gasteiger partial charge on any atom is -0.481 e. The number of benzene rings is 1. The number of nitrogens with zero attached hydrogens (tertiary/aromatic N) is 1. The maximum atomic E-state index is 11.2. The summed E-state index contributed by atoms with van der Waals surface area (Å²) >= 11 is 0.809. The topological polar surface area (TPSA) is 119 Å². The lowest BCUT2D eigenvalue weighted by atomic mass is 10.2. The zero-order valence-corrected chi connectivity index (χ0v) is 10.2. The van der Waals surface area contributed by atoms with Crippen LogP contribution < -0.4 is 10.1 Å². The van der Waals surface area contributed by atoms with Gasteiger partial charge in [0.05, 0.1) is 27.3 Å². The fourth-order valence-corrected chi connectivity index (χ4v) is 2.26. The third-order valence-corrected chi connectivity index (χ3v) is 3.27. The van der Waals surface area contributed by atoms with Gasteiger partial charge in [-0.3, -0.25) is 19.7 Å². The number of nitro groups is 1. The molecule has 2 rings (SSSR count). The van der Waals surface area contributed by atoms with Crippen molar-refractivity contribution in [1.82, 2.24) is 0 Å². The summed E-state index contributed by atoms with van der Waals surface area (Å²) in [6.45, 7) is -0.203. The van der Waals surface area contributed by atoms with E-state index < -0.39 is 10.9 Å². The molecule has 0 saturated heterocycles. The third kappa shape index (κ3) is 2.94. The lowest BCUT2D eigenvalue weighted by molar-refractivity contribution is -0.387. The van der Waals surface area contributed by atoms with Crippen molar-refractivity contribution >= 4 is 35.0 Å². The largest absolute Gasteiger partial charge is 0.481 e. The first kappa shape index (κ1) is 13.1. The quantitative estimate of drug-likeness (QED) is 0.482. The first-order valence-electron chi connectivity index (χ1n) is 5.07. The van der Waals surface area contributed by atoms with Crippen LogP contribution in [0, 0.1) is 10.1 Å². The molecule has 1 aliphatic heterocycles. The van der Waals surface area contributed by atoms with E-state index >= 15 is 0 Å². The van der Waals surface area contributed by atoms with Crippen LogP contribution in [0.3, 0.4) is 0 Å². The van der Waals surface area contributed by atoms with Gasteiger partial charge < -0.3 is 15.2 Å². The molecule has 0 bridgehead atoms. The lowest BCUT2D eigenvalue weighted by Crippen LogP contribution is -2.25. The molecule has 1 amide bonds. The molecule has 9 heteroatoms. The number of carboxylic acid groups (broad SMARTS) is 1. The van der Waals surface area contributed by atoms with Gasteiger partial charge in [0.25, 0.3) is 11.6 Å². The van der Waals surface area contributed by atoms with E-state index in [1.807, 2.05) is 0 Å². The summed E-state index contributed by atoms with van der Waals surface area (Å²) in [6, 6.07) is 2.52. The van der Waals surface area contributed by atoms with Crippen LogP contribution in [0.5, 0.6) is 5.75 Å². The van der Waals surface area contributed by atoms with E-state index in [4.69, 9.17) is 9.84 Å². The molecule has 0 aromatic heterocycles. The number of nitro benzene ring substituents is 1. The second kappa shape index (κ2) is 5.14. The number of nitrogens with one attached hydrogen (secondary N) is 1. The molecule has 0 radical (unpaired) electrons. The number of aliphatic carboxylic acids is 1. The van der Waals surface area contributed by atoms with Gasteiger partial charge >= 0.3 is 5.97 Å². The second-order valence-electron chi connectivity index (χ2n) is 3.59. The number of amides is 1. The summed E-state index contributed by atoms with van der Waals surface area (Å²) in [7, 11) is 0. The van der Waals surface area contributed by atoms with Crippen molar-refractivity contribution in [3.05, 3.63) is 22.2 Å². The Morgan fingerprint density at radius 1 is 1.58 bits per heavy atom. The molecule has 100 valence electrons. The Morgan fingerprint density at radius 3 is 2.95 bits per heavy atom. The van der Waals surface area contributed by atoms with Gasteiger partial charge in [-0.25, -0.2) is 0 Å². The van der Waals surface area contributed by atoms with E-state index in [2.05, 4.69) is 5.32 Å². The second-order valence-corrected chi connectivity index (χ2v) is 4.61. The number of hydrogen-bond acceptors (Lipinski definition) is 6. The molecule has 0 unspecified atom stereocenters. The van der Waals surface area contributed by atoms with Crippen LogP contribution >= 0.6 is 11.8 Å². The zero-order valence-electron chi connectivity index (χ0n) is 9.41. The Balaban J connectivity index is 2.39. The molecule has 8 nitrogen and oxygen atoms in total. The number of rotatable bonds is 4. The zero-order chi connectivity index (χ0) is 14.0. The molecule has 0 spiro atoms. The highest BCUT2D eigenvalue weighted by atomic mass is 32.2. The predicted octanol–water partition coefficient (Wildman–Crippen LogP) is 1.10. The number of carbonyl (C=O) groups excluding carboxylic acids is 1. The molecule has 1 aromatic rings. The lowest BCUT2D eigenvalue weighted by Gasteiger charge is -2.18. The van der Waals surface area contributed by atoms with Gasteiger partial charge in [0.1, 0.15) is 0 Å². The molecule has 1 aliphatic rings. The number of anilines is 1. The van der Waals surface area contributed by atoms with E-state index in [-0.39, 0.29) is 34.6 Å². The van der Waals surface area contributed by atoms with Gasteiger partial charge in [-0.05, 0) is 6.07 Å². The van der Waals surface area contributed by atoms with Gasteiger partial charge in [-0.15, -0.1) is 11.8 Å². The van der Waals surface area contributed by atoms with Crippen LogP contribution in [0.25, 0.3) is 0 Å². The van der Waals surface area contributed by atoms with Crippen molar-refractivity contribution in [2.75, 3.05) is 17.7 Å². The van der Waals surface area contributed by atoms with Crippen molar-refractivity contribution < 1.29 is 24.4 Å². The molecule has 0 aliphatic carbocycles. The SMILES string of the molecule is O=C(O)CSc1cc2c(cc1[N+](=O)[O-])OCC(=O)N2. The van der Waals surface area contributed by atoms with Gasteiger partial charge in [0, 0.05) is 0 Å². The van der Waals surface area contributed by atoms with E-state index in [1.54, 1.807) is 0 Å². The van der Waals surface area contributed by atoms with Crippen LogP contribution in [-0.4, -0.2) is 34.3 Å². The smallest absolute Gasteiger partial charge is 0.313 e. The summed E-state index contributed by atoms with van der Waals surface area (Å²) in [6.07, 6.45) is 0. The molecule has 0 atom stereocenters. The van der Waals surface area contributed by atoms with Crippen LogP contribution in [0.4, 0.5) is 11.4 Å². The summed E-state index contributed by atoms with van der Waals surface area (Å²) in [5.41, 5.74) is 0.0517. The van der Waals surface area contributed by atoms with Crippen molar-refractivity contribution in [2.45, 2.75) is 4.90 Å². The fourth-order valence-electron chi connectivity index (χ4n) is 1.49. The van der Waals surface area contributed by atoms with Crippen LogP contribution in [-0.2, 0) is 9.59 Å². The average Bonchev–Trinajstić information content (AvgIpc) is 2.34. The summed E-state index contributed by atoms with van der Waals surface area (Å²) in [5.74, 6) is -1.56. The standard InChI is InChI=1S/C10H8N2O6S/c13-9-3-18-7-2-6(12(16)17)8(1-5(7)11-9)19-4-10(14)15/h1-2H,3-4H2,(H,11,13)(H,14,15). The monoisotopic (exact) mass is 284 g/mol. The van der Waals surface area contributed by atoms with Crippen molar-refractivity contribution in [3.63, 3.8) is 0 Å². The first-order chi connectivity index (χ1) is 8.97. The first-order valence-corrected chi connectivity index (χ1v) is 6.05. The minimum absolute atomic E-state index is 0.164. The number of hydrogen-bond donors (Lipinski definition) is 2. The maximum Gasteiger partial charge on any atom is 0.313 e. The average molecular weight is 284 g/mol. The van der Waals surface area contributed by atoms with E-state index in [0.29, 0.717) is 5.69 Å². The van der Waals surface area contributed by atoms with Gasteiger partial charge in [0.15, 0.2) is 12.4 Å². The summed E-state index contributed by atoms with van der Waals surface area (Å²) < 4.78 is 5.07. The van der Waals surface area contributed by atoms with E-state index in [9.17, 15) is 19.7 Å². The van der Waals surface area contributed by atoms with E-state index in [0.717, 1.165) is 11.8 Å². The Hall–Kier alpha value is -2.29. The molecule has 1 aromatic carbocycles. The molecule has 1 heterocycles. The number of carbonyl (C=O) groups is 2. The molecule has 19 heavy (non-hydrogen) atoms. The van der Waals surface area contributed by atoms with Crippen molar-refractivity contribution in [3.8, 4) is 5.75 Å². The maximum absolute atomic E-state index is 11.2. The van der Waals surface area contributed by atoms with Crippen LogP contribution in [0.1, 0.15) is 0 Å². The normalized spacial score (nSPS) is 13.2. The highest BCUT2D eigenvalue weighted by molar-refractivity contribution is 8.00. The molecule has 0 fully saturated rings. The number of fused-ring (bicyclic) bond motifs is 1. The number of thioether (sulfide) groups is 1. The molecular weight excluding hydrogens is 276 g/mol. The van der Waals surface area contributed by atoms with E-state index in [1.165, 1.54) is 12.1 Å². The predicted molar refractivity (Wildman–Crippen MR) is 65.6 cm³/mol. The summed E-state index contributed by atoms with van der Waals surface area (Å²) in [5, 5.41) is 22.0. The van der Waals surface area contributed by atoms with Crippen LogP contribution in [0.15, 0.2) is 17.0 Å². The fraction of sp³-hybridized carbons (Fsp3) is 0.200. The van der Waals surface area contributed by atoms with Gasteiger partial charge in [-0.2, -0.15) is 0 Å². The minimum atomic E-state index is -1.09. The highest BCUT2D eigenvalue weighted by Crippen LogP contribution is 2.39. The van der Waals surface area contributed by atoms with Crippen molar-refractivity contribution in [2.24, 2.45) is 0 Å². The van der Waals surface area contributed by atoms with Crippen LogP contribution in [0.2, 0.25) is 0 Å². The van der Waals surface area contributed by atoms with Crippen molar-refractivity contribution in [1.29, 1.82) is 0 Å².